The highest BCUT2D eigenvalue weighted by molar-refractivity contribution is 5.91. The summed E-state index contributed by atoms with van der Waals surface area (Å²) in [7, 11) is 1.57. The largest absolute Gasteiger partial charge is 0.496 e. The second kappa shape index (κ2) is 6.96. The van der Waals surface area contributed by atoms with E-state index < -0.39 is 24.1 Å². The van der Waals surface area contributed by atoms with E-state index in [2.05, 4.69) is 0 Å². The van der Waals surface area contributed by atoms with Gasteiger partial charge >= 0.3 is 6.18 Å². The van der Waals surface area contributed by atoms with Crippen LogP contribution < -0.4 is 4.74 Å². The fourth-order valence-electron chi connectivity index (χ4n) is 3.15. The van der Waals surface area contributed by atoms with Crippen LogP contribution in [0.5, 0.6) is 5.75 Å². The van der Waals surface area contributed by atoms with Gasteiger partial charge in [0.05, 0.1) is 7.11 Å². The maximum absolute atomic E-state index is 13.2. The van der Waals surface area contributed by atoms with E-state index in [9.17, 15) is 13.2 Å². The van der Waals surface area contributed by atoms with E-state index >= 15 is 0 Å². The molecule has 25 heavy (non-hydrogen) atoms. The molecule has 0 spiro atoms. The number of benzene rings is 2. The van der Waals surface area contributed by atoms with Crippen LogP contribution in [0.2, 0.25) is 0 Å². The Hall–Kier alpha value is -2.21. The highest BCUT2D eigenvalue weighted by Gasteiger charge is 2.41. The first-order valence-electron chi connectivity index (χ1n) is 8.07. The zero-order chi connectivity index (χ0) is 18.0. The van der Waals surface area contributed by atoms with Gasteiger partial charge in [-0.2, -0.15) is 13.2 Å². The van der Waals surface area contributed by atoms with E-state index in [1.165, 1.54) is 0 Å². The number of halogens is 3. The van der Waals surface area contributed by atoms with Gasteiger partial charge in [0, 0.05) is 24.3 Å². The minimum Gasteiger partial charge on any atom is -0.496 e. The molecule has 3 nitrogen and oxygen atoms in total. The predicted molar refractivity (Wildman–Crippen MR) is 88.5 cm³/mol. The third-order valence-electron chi connectivity index (χ3n) is 4.23. The summed E-state index contributed by atoms with van der Waals surface area (Å²) in [5.74, 6) is -0.771. The molecule has 1 heterocycles. The molecule has 134 valence electrons. The number of alkyl halides is 3. The zero-order valence-corrected chi connectivity index (χ0v) is 14.0. The number of hydrogen-bond acceptors (Lipinski definition) is 3. The number of hydrogen-bond donors (Lipinski definition) is 0. The van der Waals surface area contributed by atoms with Crippen LogP contribution in [0.25, 0.3) is 10.8 Å². The maximum Gasteiger partial charge on any atom is 0.448 e. The molecule has 2 aromatic carbocycles. The number of methoxy groups -OCH3 is 1. The van der Waals surface area contributed by atoms with Crippen LogP contribution >= 0.6 is 0 Å². The molecule has 2 aromatic rings. The van der Waals surface area contributed by atoms with Crippen LogP contribution in [-0.2, 0) is 9.47 Å². The average molecular weight is 352 g/mol. The van der Waals surface area contributed by atoms with E-state index in [0.717, 1.165) is 22.4 Å². The van der Waals surface area contributed by atoms with E-state index in [4.69, 9.17) is 14.2 Å². The Labute approximate surface area is 144 Å². The molecule has 0 bridgehead atoms. The Morgan fingerprint density at radius 3 is 2.48 bits per heavy atom. The summed E-state index contributed by atoms with van der Waals surface area (Å²) in [6.07, 6.45) is -4.00. The molecule has 0 saturated heterocycles. The van der Waals surface area contributed by atoms with Gasteiger partial charge < -0.3 is 14.2 Å². The zero-order valence-electron chi connectivity index (χ0n) is 14.0. The van der Waals surface area contributed by atoms with Gasteiger partial charge in [-0.15, -0.1) is 0 Å². The molecule has 3 rings (SSSR count). The lowest BCUT2D eigenvalue weighted by Crippen LogP contribution is -2.29. The van der Waals surface area contributed by atoms with Crippen molar-refractivity contribution in [1.82, 2.24) is 0 Å². The summed E-state index contributed by atoms with van der Waals surface area (Å²) in [5, 5.41) is 1.73. The minimum absolute atomic E-state index is 0.284. The van der Waals surface area contributed by atoms with Gasteiger partial charge in [0.25, 0.3) is 0 Å². The molecule has 2 unspecified atom stereocenters. The topological polar surface area (TPSA) is 27.7 Å². The predicted octanol–water partition coefficient (Wildman–Crippen LogP) is 5.16. The Balaban J connectivity index is 2.09. The molecule has 0 aromatic heterocycles. The lowest BCUT2D eigenvalue weighted by Gasteiger charge is -2.30. The molecule has 6 heteroatoms. The highest BCUT2D eigenvalue weighted by Crippen LogP contribution is 2.41. The number of fused-ring (bicyclic) bond motifs is 1. The summed E-state index contributed by atoms with van der Waals surface area (Å²) in [5.41, 5.74) is 0.797. The van der Waals surface area contributed by atoms with Crippen LogP contribution in [0.15, 0.2) is 48.2 Å². The number of rotatable bonds is 4. The Kier molecular flexibility index (Phi) is 4.90. The van der Waals surface area contributed by atoms with E-state index in [-0.39, 0.29) is 6.61 Å². The second-order valence-electron chi connectivity index (χ2n) is 5.78. The van der Waals surface area contributed by atoms with E-state index in [0.29, 0.717) is 12.2 Å². The van der Waals surface area contributed by atoms with E-state index in [1.54, 1.807) is 20.1 Å². The molecule has 1 aliphatic heterocycles. The van der Waals surface area contributed by atoms with Crippen molar-refractivity contribution in [1.29, 1.82) is 0 Å². The third-order valence-corrected chi connectivity index (χ3v) is 4.23. The number of ether oxygens (including phenoxy) is 3. The first-order valence-corrected chi connectivity index (χ1v) is 8.07. The summed E-state index contributed by atoms with van der Waals surface area (Å²) >= 11 is 0. The number of allylic oxidation sites excluding steroid dienone is 2. The molecule has 1 aliphatic rings. The molecule has 0 radical (unpaired) electrons. The SMILES string of the molecule is CCOC1CC(c2ccc(OC)c3ccccc23)C=C(C(F)(F)F)O1. The first-order chi connectivity index (χ1) is 11.9. The fraction of sp³-hybridized carbons (Fsp3) is 0.368. The van der Waals surface area contributed by atoms with Crippen LogP contribution in [0.4, 0.5) is 13.2 Å². The monoisotopic (exact) mass is 352 g/mol. The standard InChI is InChI=1S/C19H19F3O3/c1-3-24-18-11-12(10-17(25-18)19(20,21)22)13-8-9-16(23-2)15-7-5-4-6-14(13)15/h4-10,12,18H,3,11H2,1-2H3. The van der Waals surface area contributed by atoms with Crippen molar-refractivity contribution in [3.05, 3.63) is 53.8 Å². The molecule has 0 amide bonds. The van der Waals surface area contributed by atoms with Crippen LogP contribution in [0.1, 0.15) is 24.8 Å². The Morgan fingerprint density at radius 2 is 1.84 bits per heavy atom. The molecule has 0 aliphatic carbocycles. The molecule has 0 saturated carbocycles. The summed E-state index contributed by atoms with van der Waals surface area (Å²) in [6, 6.07) is 11.1. The van der Waals surface area contributed by atoms with Crippen molar-refractivity contribution in [3.63, 3.8) is 0 Å². The van der Waals surface area contributed by atoms with Crippen molar-refractivity contribution in [3.8, 4) is 5.75 Å². The molecular weight excluding hydrogens is 333 g/mol. The van der Waals surface area contributed by atoms with Gasteiger partial charge in [0.1, 0.15) is 5.75 Å². The second-order valence-corrected chi connectivity index (χ2v) is 5.78. The maximum atomic E-state index is 13.2. The van der Waals surface area contributed by atoms with Gasteiger partial charge in [-0.1, -0.05) is 30.3 Å². The summed E-state index contributed by atoms with van der Waals surface area (Å²) in [4.78, 5) is 0. The summed E-state index contributed by atoms with van der Waals surface area (Å²) < 4.78 is 55.3. The van der Waals surface area contributed by atoms with Gasteiger partial charge in [-0.05, 0) is 30.0 Å². The molecule has 0 N–H and O–H groups in total. The third kappa shape index (κ3) is 3.58. The van der Waals surface area contributed by atoms with Crippen molar-refractivity contribution >= 4 is 10.8 Å². The van der Waals surface area contributed by atoms with Gasteiger partial charge in [0.15, 0.2) is 5.76 Å². The van der Waals surface area contributed by atoms with Crippen LogP contribution in [0.3, 0.4) is 0 Å². The van der Waals surface area contributed by atoms with Crippen molar-refractivity contribution in [2.75, 3.05) is 13.7 Å². The smallest absolute Gasteiger partial charge is 0.448 e. The molecular formula is C19H19F3O3. The minimum atomic E-state index is -4.55. The normalized spacial score (nSPS) is 20.9. The van der Waals surface area contributed by atoms with Crippen LogP contribution in [-0.4, -0.2) is 26.2 Å². The Bertz CT molecular complexity index is 783. The average Bonchev–Trinajstić information content (AvgIpc) is 2.60. The van der Waals surface area contributed by atoms with Gasteiger partial charge in [0.2, 0.25) is 6.29 Å². The molecule has 0 fully saturated rings. The van der Waals surface area contributed by atoms with Crippen LogP contribution in [0, 0.1) is 0 Å². The fourth-order valence-corrected chi connectivity index (χ4v) is 3.15. The van der Waals surface area contributed by atoms with Gasteiger partial charge in [-0.25, -0.2) is 0 Å². The quantitative estimate of drug-likeness (QED) is 0.761. The Morgan fingerprint density at radius 1 is 1.12 bits per heavy atom. The first kappa shape index (κ1) is 17.6. The lowest BCUT2D eigenvalue weighted by molar-refractivity contribution is -0.194. The summed E-state index contributed by atoms with van der Waals surface area (Å²) in [6.45, 7) is 2.01. The van der Waals surface area contributed by atoms with Crippen molar-refractivity contribution in [2.45, 2.75) is 31.7 Å². The molecule has 2 atom stereocenters. The van der Waals surface area contributed by atoms with Crippen molar-refractivity contribution < 1.29 is 27.4 Å². The highest BCUT2D eigenvalue weighted by atomic mass is 19.4. The lowest BCUT2D eigenvalue weighted by atomic mass is 9.88. The van der Waals surface area contributed by atoms with E-state index in [1.807, 2.05) is 30.3 Å². The van der Waals surface area contributed by atoms with Crippen molar-refractivity contribution in [2.24, 2.45) is 0 Å². The van der Waals surface area contributed by atoms with Gasteiger partial charge in [-0.3, -0.25) is 0 Å².